The molecule has 0 bridgehead atoms. The van der Waals surface area contributed by atoms with Crippen molar-refractivity contribution in [3.63, 3.8) is 0 Å². The lowest BCUT2D eigenvalue weighted by atomic mass is 10.1. The van der Waals surface area contributed by atoms with E-state index in [0.717, 1.165) is 28.9 Å². The smallest absolute Gasteiger partial charge is 0.337 e. The molecule has 1 heterocycles. The lowest BCUT2D eigenvalue weighted by Gasteiger charge is -2.12. The molecular formula is C22H22N4O3. The summed E-state index contributed by atoms with van der Waals surface area (Å²) in [6.07, 6.45) is 0.820. The van der Waals surface area contributed by atoms with Crippen LogP contribution in [0.15, 0.2) is 54.6 Å². The number of hydrogen-bond donors (Lipinski definition) is 2. The first kappa shape index (κ1) is 20.0. The Morgan fingerprint density at radius 1 is 1.00 bits per heavy atom. The summed E-state index contributed by atoms with van der Waals surface area (Å²) in [5, 5.41) is 14.1. The molecule has 0 unspecified atom stereocenters. The van der Waals surface area contributed by atoms with Crippen LogP contribution < -0.4 is 10.6 Å². The fraction of sp³-hybridized carbons (Fsp3) is 0.182. The van der Waals surface area contributed by atoms with Gasteiger partial charge < -0.3 is 15.4 Å². The number of amides is 1. The Bertz CT molecular complexity index is 1020. The highest BCUT2D eigenvalue weighted by molar-refractivity contribution is 6.03. The van der Waals surface area contributed by atoms with E-state index < -0.39 is 5.97 Å². The molecule has 0 aliphatic heterocycles. The van der Waals surface area contributed by atoms with Crippen molar-refractivity contribution in [2.75, 3.05) is 17.7 Å². The average molecular weight is 390 g/mol. The summed E-state index contributed by atoms with van der Waals surface area (Å²) < 4.78 is 4.67. The van der Waals surface area contributed by atoms with Crippen LogP contribution in [0.3, 0.4) is 0 Å². The summed E-state index contributed by atoms with van der Waals surface area (Å²) in [5.41, 5.74) is 4.30. The molecule has 2 N–H and O–H groups in total. The summed E-state index contributed by atoms with van der Waals surface area (Å²) in [7, 11) is 1.34. The van der Waals surface area contributed by atoms with E-state index in [2.05, 4.69) is 25.6 Å². The van der Waals surface area contributed by atoms with Gasteiger partial charge in [-0.2, -0.15) is 0 Å². The highest BCUT2D eigenvalue weighted by Crippen LogP contribution is 2.22. The number of anilines is 3. The van der Waals surface area contributed by atoms with Crippen LogP contribution in [0, 0.1) is 6.92 Å². The number of para-hydroxylation sites is 1. The molecule has 0 fully saturated rings. The summed E-state index contributed by atoms with van der Waals surface area (Å²) in [4.78, 5) is 24.0. The molecular weight excluding hydrogens is 368 g/mol. The van der Waals surface area contributed by atoms with E-state index in [9.17, 15) is 9.59 Å². The number of aryl methyl sites for hydroxylation is 2. The van der Waals surface area contributed by atoms with Gasteiger partial charge in [-0.15, -0.1) is 10.2 Å². The van der Waals surface area contributed by atoms with Gasteiger partial charge in [-0.3, -0.25) is 4.79 Å². The highest BCUT2D eigenvalue weighted by Gasteiger charge is 2.13. The summed E-state index contributed by atoms with van der Waals surface area (Å²) in [6, 6.07) is 16.0. The zero-order chi connectivity index (χ0) is 20.8. The van der Waals surface area contributed by atoms with Crippen LogP contribution in [0.2, 0.25) is 0 Å². The van der Waals surface area contributed by atoms with Gasteiger partial charge in [0.2, 0.25) is 0 Å². The first-order valence-corrected chi connectivity index (χ1v) is 9.20. The third kappa shape index (κ3) is 4.76. The van der Waals surface area contributed by atoms with Crippen molar-refractivity contribution < 1.29 is 14.3 Å². The van der Waals surface area contributed by atoms with Crippen LogP contribution >= 0.6 is 0 Å². The molecule has 0 aliphatic carbocycles. The van der Waals surface area contributed by atoms with Crippen LogP contribution in [0.1, 0.15) is 38.9 Å². The van der Waals surface area contributed by atoms with Gasteiger partial charge in [-0.25, -0.2) is 4.79 Å². The van der Waals surface area contributed by atoms with Crippen molar-refractivity contribution in [3.8, 4) is 0 Å². The fourth-order valence-electron chi connectivity index (χ4n) is 2.85. The minimum absolute atomic E-state index is 0.224. The molecule has 0 aliphatic rings. The Kier molecular flexibility index (Phi) is 6.19. The first-order valence-electron chi connectivity index (χ1n) is 9.20. The number of ether oxygens (including phenoxy) is 1. The SMILES string of the molecule is CCc1cccc(C)c1NC(=O)c1ccc(Nc2ccc(C(=O)OC)cc2)nn1. The van der Waals surface area contributed by atoms with Crippen molar-refractivity contribution >= 4 is 29.1 Å². The number of aromatic nitrogens is 2. The number of nitrogens with zero attached hydrogens (tertiary/aromatic N) is 2. The topological polar surface area (TPSA) is 93.2 Å². The number of benzene rings is 2. The molecule has 3 rings (SSSR count). The third-order valence-corrected chi connectivity index (χ3v) is 4.45. The molecule has 0 radical (unpaired) electrons. The largest absolute Gasteiger partial charge is 0.465 e. The van der Waals surface area contributed by atoms with E-state index in [-0.39, 0.29) is 11.6 Å². The van der Waals surface area contributed by atoms with E-state index in [0.29, 0.717) is 11.4 Å². The number of carbonyl (C=O) groups is 2. The molecule has 148 valence electrons. The Morgan fingerprint density at radius 2 is 1.76 bits per heavy atom. The molecule has 7 heteroatoms. The number of carbonyl (C=O) groups excluding carboxylic acids is 2. The molecule has 3 aromatic rings. The fourth-order valence-corrected chi connectivity index (χ4v) is 2.85. The predicted octanol–water partition coefficient (Wildman–Crippen LogP) is 4.13. The molecule has 0 spiro atoms. The number of hydrogen-bond acceptors (Lipinski definition) is 6. The molecule has 2 aromatic carbocycles. The van der Waals surface area contributed by atoms with E-state index in [4.69, 9.17) is 0 Å². The van der Waals surface area contributed by atoms with Crippen molar-refractivity contribution in [2.24, 2.45) is 0 Å². The number of nitrogens with one attached hydrogen (secondary N) is 2. The Hall–Kier alpha value is -3.74. The van der Waals surface area contributed by atoms with Gasteiger partial charge in [0.1, 0.15) is 0 Å². The van der Waals surface area contributed by atoms with Crippen LogP contribution in [-0.4, -0.2) is 29.2 Å². The maximum absolute atomic E-state index is 12.6. The number of rotatable bonds is 6. The van der Waals surface area contributed by atoms with Gasteiger partial charge in [-0.1, -0.05) is 25.1 Å². The number of methoxy groups -OCH3 is 1. The maximum Gasteiger partial charge on any atom is 0.337 e. The molecule has 7 nitrogen and oxygen atoms in total. The van der Waals surface area contributed by atoms with Gasteiger partial charge in [0, 0.05) is 11.4 Å². The van der Waals surface area contributed by atoms with Gasteiger partial charge in [-0.05, 0) is 60.9 Å². The second-order valence-corrected chi connectivity index (χ2v) is 6.41. The standard InChI is InChI=1S/C22H22N4O3/c1-4-15-7-5-6-14(2)20(15)24-21(27)18-12-13-19(26-25-18)23-17-10-8-16(9-11-17)22(28)29-3/h5-13H,4H2,1-3H3,(H,23,26)(H,24,27). The second-order valence-electron chi connectivity index (χ2n) is 6.41. The van der Waals surface area contributed by atoms with Crippen molar-refractivity contribution in [1.29, 1.82) is 0 Å². The van der Waals surface area contributed by atoms with E-state index in [1.165, 1.54) is 7.11 Å². The van der Waals surface area contributed by atoms with Crippen LogP contribution in [-0.2, 0) is 11.2 Å². The van der Waals surface area contributed by atoms with Gasteiger partial charge in [0.05, 0.1) is 12.7 Å². The Balaban J connectivity index is 1.68. The minimum atomic E-state index is -0.397. The normalized spacial score (nSPS) is 10.3. The molecule has 1 aromatic heterocycles. The summed E-state index contributed by atoms with van der Waals surface area (Å²) >= 11 is 0. The first-order chi connectivity index (χ1) is 14.0. The quantitative estimate of drug-likeness (QED) is 0.615. The lowest BCUT2D eigenvalue weighted by Crippen LogP contribution is -2.16. The van der Waals surface area contributed by atoms with Crippen molar-refractivity contribution in [2.45, 2.75) is 20.3 Å². The van der Waals surface area contributed by atoms with Crippen LogP contribution in [0.5, 0.6) is 0 Å². The molecule has 0 atom stereocenters. The number of esters is 1. The van der Waals surface area contributed by atoms with Crippen LogP contribution in [0.25, 0.3) is 0 Å². The average Bonchev–Trinajstić information content (AvgIpc) is 2.75. The zero-order valence-electron chi connectivity index (χ0n) is 16.5. The van der Waals surface area contributed by atoms with Crippen molar-refractivity contribution in [1.82, 2.24) is 10.2 Å². The van der Waals surface area contributed by atoms with Gasteiger partial charge in [0.15, 0.2) is 11.5 Å². The highest BCUT2D eigenvalue weighted by atomic mass is 16.5. The molecule has 29 heavy (non-hydrogen) atoms. The van der Waals surface area contributed by atoms with E-state index >= 15 is 0 Å². The Morgan fingerprint density at radius 3 is 2.38 bits per heavy atom. The van der Waals surface area contributed by atoms with E-state index in [1.807, 2.05) is 32.0 Å². The molecule has 1 amide bonds. The Labute approximate surface area is 169 Å². The summed E-state index contributed by atoms with van der Waals surface area (Å²) in [5.74, 6) is -0.223. The zero-order valence-corrected chi connectivity index (χ0v) is 16.5. The third-order valence-electron chi connectivity index (χ3n) is 4.45. The van der Waals surface area contributed by atoms with Gasteiger partial charge in [0.25, 0.3) is 5.91 Å². The van der Waals surface area contributed by atoms with Gasteiger partial charge >= 0.3 is 5.97 Å². The van der Waals surface area contributed by atoms with Crippen LogP contribution in [0.4, 0.5) is 17.2 Å². The lowest BCUT2D eigenvalue weighted by molar-refractivity contribution is 0.0600. The maximum atomic E-state index is 12.6. The molecule has 0 saturated heterocycles. The van der Waals surface area contributed by atoms with E-state index in [1.54, 1.807) is 36.4 Å². The predicted molar refractivity (Wildman–Crippen MR) is 112 cm³/mol. The molecule has 0 saturated carbocycles. The summed E-state index contributed by atoms with van der Waals surface area (Å²) in [6.45, 7) is 4.00. The minimum Gasteiger partial charge on any atom is -0.465 e. The monoisotopic (exact) mass is 390 g/mol. The second kappa shape index (κ2) is 8.97. The van der Waals surface area contributed by atoms with Crippen molar-refractivity contribution in [3.05, 3.63) is 77.0 Å².